The van der Waals surface area contributed by atoms with Crippen molar-refractivity contribution in [1.29, 1.82) is 0 Å². The average molecular weight is 437 g/mol. The molecule has 6 nitrogen and oxygen atoms in total. The molecule has 1 aliphatic heterocycles. The van der Waals surface area contributed by atoms with Crippen molar-refractivity contribution in [2.45, 2.75) is 50.8 Å². The number of sulfonamides is 1. The van der Waals surface area contributed by atoms with E-state index in [9.17, 15) is 13.2 Å². The molecule has 1 aromatic heterocycles. The minimum absolute atomic E-state index is 0.173. The molecular formula is C21H28N2O4S2. The van der Waals surface area contributed by atoms with Crippen molar-refractivity contribution in [3.63, 3.8) is 0 Å². The maximum Gasteiger partial charge on any atom is 0.265 e. The Bertz CT molecular complexity index is 975. The minimum Gasteiger partial charge on any atom is -0.495 e. The van der Waals surface area contributed by atoms with Crippen LogP contribution < -0.4 is 10.1 Å². The fraction of sp³-hybridized carbons (Fsp3) is 0.476. The highest BCUT2D eigenvalue weighted by Gasteiger charge is 2.26. The van der Waals surface area contributed by atoms with Crippen molar-refractivity contribution in [3.8, 4) is 5.75 Å². The second-order valence-electron chi connectivity index (χ2n) is 7.20. The van der Waals surface area contributed by atoms with Gasteiger partial charge >= 0.3 is 0 Å². The minimum atomic E-state index is -3.61. The third-order valence-corrected chi connectivity index (χ3v) is 8.46. The van der Waals surface area contributed by atoms with Crippen LogP contribution in [0.15, 0.2) is 29.2 Å². The Morgan fingerprint density at radius 3 is 2.45 bits per heavy atom. The molecular weight excluding hydrogens is 408 g/mol. The Morgan fingerprint density at radius 2 is 1.86 bits per heavy atom. The summed E-state index contributed by atoms with van der Waals surface area (Å²) in [5.74, 6) is 0.164. The van der Waals surface area contributed by atoms with Crippen molar-refractivity contribution >= 4 is 33.0 Å². The van der Waals surface area contributed by atoms with E-state index in [2.05, 4.69) is 12.2 Å². The van der Waals surface area contributed by atoms with Crippen molar-refractivity contribution < 1.29 is 17.9 Å². The quantitative estimate of drug-likeness (QED) is 0.726. The van der Waals surface area contributed by atoms with Gasteiger partial charge in [0.05, 0.1) is 22.6 Å². The number of rotatable bonds is 6. The summed E-state index contributed by atoms with van der Waals surface area (Å²) < 4.78 is 33.1. The molecule has 1 aromatic carbocycles. The molecule has 8 heteroatoms. The number of amides is 1. The molecule has 2 aromatic rings. The summed E-state index contributed by atoms with van der Waals surface area (Å²) in [6.07, 6.45) is 4.72. The maximum atomic E-state index is 13.1. The molecule has 29 heavy (non-hydrogen) atoms. The molecule has 1 aliphatic rings. The van der Waals surface area contributed by atoms with E-state index in [-0.39, 0.29) is 10.8 Å². The molecule has 0 unspecified atom stereocenters. The van der Waals surface area contributed by atoms with Crippen molar-refractivity contribution in [2.75, 3.05) is 25.5 Å². The van der Waals surface area contributed by atoms with Gasteiger partial charge in [0.15, 0.2) is 0 Å². The van der Waals surface area contributed by atoms with Crippen molar-refractivity contribution in [3.05, 3.63) is 39.6 Å². The Morgan fingerprint density at radius 1 is 1.17 bits per heavy atom. The lowest BCUT2D eigenvalue weighted by molar-refractivity contribution is 0.103. The molecule has 0 atom stereocenters. The first kappa shape index (κ1) is 21.8. The number of aryl methyl sites for hydroxylation is 2. The number of thiophene rings is 1. The van der Waals surface area contributed by atoms with E-state index in [0.717, 1.165) is 37.7 Å². The zero-order chi connectivity index (χ0) is 21.0. The zero-order valence-corrected chi connectivity index (χ0v) is 18.8. The lowest BCUT2D eigenvalue weighted by Crippen LogP contribution is -2.32. The largest absolute Gasteiger partial charge is 0.495 e. The fourth-order valence-corrected chi connectivity index (χ4v) is 6.10. The Labute approximate surface area is 176 Å². The number of anilines is 1. The Kier molecular flexibility index (Phi) is 6.97. The van der Waals surface area contributed by atoms with Crippen LogP contribution in [0.1, 0.15) is 52.7 Å². The molecule has 3 rings (SSSR count). The number of hydrogen-bond acceptors (Lipinski definition) is 5. The Balaban J connectivity index is 1.89. The summed E-state index contributed by atoms with van der Waals surface area (Å²) >= 11 is 1.46. The van der Waals surface area contributed by atoms with E-state index in [4.69, 9.17) is 4.74 Å². The number of methoxy groups -OCH3 is 1. The molecule has 2 heterocycles. The normalized spacial score (nSPS) is 15.7. The first-order valence-electron chi connectivity index (χ1n) is 9.95. The summed E-state index contributed by atoms with van der Waals surface area (Å²) in [6.45, 7) is 5.11. The summed E-state index contributed by atoms with van der Waals surface area (Å²) in [4.78, 5) is 14.7. The fourth-order valence-electron chi connectivity index (χ4n) is 3.54. The van der Waals surface area contributed by atoms with Crippen LogP contribution in [0.4, 0.5) is 5.69 Å². The van der Waals surface area contributed by atoms with E-state index in [1.165, 1.54) is 29.4 Å². The zero-order valence-electron chi connectivity index (χ0n) is 17.2. The molecule has 1 fully saturated rings. The first-order valence-corrected chi connectivity index (χ1v) is 12.2. The number of carbonyl (C=O) groups excluding carboxylic acids is 1. The van der Waals surface area contributed by atoms with Crippen LogP contribution in [0.2, 0.25) is 0 Å². The molecule has 0 aliphatic carbocycles. The van der Waals surface area contributed by atoms with Gasteiger partial charge in [-0.15, -0.1) is 11.3 Å². The number of hydrogen-bond donors (Lipinski definition) is 1. The van der Waals surface area contributed by atoms with Gasteiger partial charge in [-0.3, -0.25) is 4.79 Å². The second-order valence-corrected chi connectivity index (χ2v) is 10.3. The van der Waals surface area contributed by atoms with Gasteiger partial charge in [0.25, 0.3) is 5.91 Å². The van der Waals surface area contributed by atoms with Crippen LogP contribution in [0.3, 0.4) is 0 Å². The number of carbonyl (C=O) groups is 1. The highest BCUT2D eigenvalue weighted by molar-refractivity contribution is 7.89. The smallest absolute Gasteiger partial charge is 0.265 e. The number of nitrogens with one attached hydrogen (secondary N) is 1. The maximum absolute atomic E-state index is 13.1. The van der Waals surface area contributed by atoms with E-state index in [0.29, 0.717) is 29.4 Å². The molecule has 1 N–H and O–H groups in total. The third-order valence-electron chi connectivity index (χ3n) is 5.19. The SMILES string of the molecule is CCc1sc(C(=O)Nc2cc(S(=O)(=O)N3CCCCCC3)ccc2OC)cc1C. The average Bonchev–Trinajstić information content (AvgIpc) is 2.91. The van der Waals surface area contributed by atoms with Crippen LogP contribution in [0.25, 0.3) is 0 Å². The monoisotopic (exact) mass is 436 g/mol. The van der Waals surface area contributed by atoms with Gasteiger partial charge in [-0.05, 0) is 56.0 Å². The summed E-state index contributed by atoms with van der Waals surface area (Å²) in [6, 6.07) is 6.50. The standard InChI is InChI=1S/C21H28N2O4S2/c1-4-19-15(2)13-20(28-19)21(24)22-17-14-16(9-10-18(17)27-3)29(25,26)23-11-7-5-6-8-12-23/h9-10,13-14H,4-8,11-12H2,1-3H3,(H,22,24). The van der Waals surface area contributed by atoms with E-state index in [1.807, 2.05) is 13.0 Å². The Hall–Kier alpha value is -1.90. The predicted octanol–water partition coefficient (Wildman–Crippen LogP) is 4.44. The predicted molar refractivity (Wildman–Crippen MR) is 117 cm³/mol. The van der Waals surface area contributed by atoms with E-state index >= 15 is 0 Å². The van der Waals surface area contributed by atoms with Crippen LogP contribution in [-0.2, 0) is 16.4 Å². The summed E-state index contributed by atoms with van der Waals surface area (Å²) in [5, 5.41) is 2.83. The van der Waals surface area contributed by atoms with Gasteiger partial charge in [0.1, 0.15) is 5.75 Å². The van der Waals surface area contributed by atoms with Crippen LogP contribution in [-0.4, -0.2) is 38.8 Å². The number of benzene rings is 1. The first-order chi connectivity index (χ1) is 13.9. The second kappa shape index (κ2) is 9.28. The molecule has 158 valence electrons. The molecule has 0 radical (unpaired) electrons. The van der Waals surface area contributed by atoms with Crippen LogP contribution in [0.5, 0.6) is 5.75 Å². The van der Waals surface area contributed by atoms with Gasteiger partial charge in [-0.2, -0.15) is 4.31 Å². The molecule has 0 saturated carbocycles. The van der Waals surface area contributed by atoms with Crippen LogP contribution in [0, 0.1) is 6.92 Å². The van der Waals surface area contributed by atoms with Crippen molar-refractivity contribution in [1.82, 2.24) is 4.31 Å². The van der Waals surface area contributed by atoms with Crippen molar-refractivity contribution in [2.24, 2.45) is 0 Å². The number of nitrogens with zero attached hydrogens (tertiary/aromatic N) is 1. The highest BCUT2D eigenvalue weighted by Crippen LogP contribution is 2.31. The van der Waals surface area contributed by atoms with Gasteiger partial charge in [-0.1, -0.05) is 19.8 Å². The van der Waals surface area contributed by atoms with Gasteiger partial charge < -0.3 is 10.1 Å². The summed E-state index contributed by atoms with van der Waals surface area (Å²) in [7, 11) is -2.11. The molecule has 1 amide bonds. The lowest BCUT2D eigenvalue weighted by atomic mass is 10.2. The third kappa shape index (κ3) is 4.82. The molecule has 0 bridgehead atoms. The molecule has 0 spiro atoms. The van der Waals surface area contributed by atoms with E-state index < -0.39 is 10.0 Å². The van der Waals surface area contributed by atoms with Crippen LogP contribution >= 0.6 is 11.3 Å². The van der Waals surface area contributed by atoms with Gasteiger partial charge in [-0.25, -0.2) is 8.42 Å². The van der Waals surface area contributed by atoms with Gasteiger partial charge in [0, 0.05) is 18.0 Å². The van der Waals surface area contributed by atoms with E-state index in [1.54, 1.807) is 16.4 Å². The lowest BCUT2D eigenvalue weighted by Gasteiger charge is -2.21. The number of ether oxygens (including phenoxy) is 1. The van der Waals surface area contributed by atoms with Gasteiger partial charge in [0.2, 0.25) is 10.0 Å². The highest BCUT2D eigenvalue weighted by atomic mass is 32.2. The topological polar surface area (TPSA) is 75.7 Å². The molecule has 1 saturated heterocycles. The summed E-state index contributed by atoms with van der Waals surface area (Å²) in [5.41, 5.74) is 1.45.